The molecule has 0 saturated carbocycles. The molecule has 1 N–H and O–H groups in total. The van der Waals surface area contributed by atoms with E-state index in [1.165, 1.54) is 18.3 Å². The predicted octanol–water partition coefficient (Wildman–Crippen LogP) is 3.18. The predicted molar refractivity (Wildman–Crippen MR) is 57.9 cm³/mol. The number of alkyl halides is 3. The first-order chi connectivity index (χ1) is 7.98. The van der Waals surface area contributed by atoms with Crippen LogP contribution in [0, 0.1) is 0 Å². The van der Waals surface area contributed by atoms with Gasteiger partial charge in [0.05, 0.1) is 11.3 Å². The Labute approximate surface area is 95.9 Å². The SMILES string of the molecule is Cn1ccnc1Nc1ccccc1C(F)(F)F. The molecule has 2 rings (SSSR count). The van der Waals surface area contributed by atoms with Gasteiger partial charge in [0, 0.05) is 19.4 Å². The minimum absolute atomic E-state index is 0.00528. The molecule has 0 spiro atoms. The zero-order valence-electron chi connectivity index (χ0n) is 8.99. The highest BCUT2D eigenvalue weighted by molar-refractivity contribution is 5.59. The first-order valence-electron chi connectivity index (χ1n) is 4.89. The van der Waals surface area contributed by atoms with E-state index >= 15 is 0 Å². The zero-order valence-corrected chi connectivity index (χ0v) is 8.99. The molecular formula is C11H10F3N3. The fourth-order valence-electron chi connectivity index (χ4n) is 1.45. The van der Waals surface area contributed by atoms with Gasteiger partial charge in [-0.3, -0.25) is 0 Å². The van der Waals surface area contributed by atoms with Crippen LogP contribution in [0.25, 0.3) is 0 Å². The minimum atomic E-state index is -4.38. The van der Waals surface area contributed by atoms with Crippen LogP contribution >= 0.6 is 0 Å². The lowest BCUT2D eigenvalue weighted by Gasteiger charge is -2.13. The summed E-state index contributed by atoms with van der Waals surface area (Å²) in [6.45, 7) is 0. The van der Waals surface area contributed by atoms with E-state index in [9.17, 15) is 13.2 Å². The summed E-state index contributed by atoms with van der Waals surface area (Å²) in [4.78, 5) is 3.92. The van der Waals surface area contributed by atoms with Gasteiger partial charge in [-0.25, -0.2) is 4.98 Å². The fourth-order valence-corrected chi connectivity index (χ4v) is 1.45. The molecule has 1 heterocycles. The quantitative estimate of drug-likeness (QED) is 0.875. The first-order valence-corrected chi connectivity index (χ1v) is 4.89. The number of hydrogen-bond donors (Lipinski definition) is 1. The first kappa shape index (κ1) is 11.5. The molecule has 0 aliphatic heterocycles. The van der Waals surface area contributed by atoms with Crippen LogP contribution in [0.2, 0.25) is 0 Å². The Kier molecular flexibility index (Phi) is 2.79. The van der Waals surface area contributed by atoms with Gasteiger partial charge >= 0.3 is 6.18 Å². The van der Waals surface area contributed by atoms with Crippen molar-refractivity contribution in [1.82, 2.24) is 9.55 Å². The van der Waals surface area contributed by atoms with Crippen LogP contribution in [0.4, 0.5) is 24.8 Å². The van der Waals surface area contributed by atoms with Crippen LogP contribution in [0.3, 0.4) is 0 Å². The molecule has 0 saturated heterocycles. The molecule has 0 unspecified atom stereocenters. The molecule has 1 aromatic heterocycles. The highest BCUT2D eigenvalue weighted by Crippen LogP contribution is 2.35. The van der Waals surface area contributed by atoms with E-state index in [4.69, 9.17) is 0 Å². The van der Waals surface area contributed by atoms with E-state index in [0.717, 1.165) is 6.07 Å². The Balaban J connectivity index is 2.37. The van der Waals surface area contributed by atoms with Crippen molar-refractivity contribution in [3.05, 3.63) is 42.2 Å². The van der Waals surface area contributed by atoms with Gasteiger partial charge in [-0.05, 0) is 12.1 Å². The average molecular weight is 241 g/mol. The van der Waals surface area contributed by atoms with Gasteiger partial charge in [-0.1, -0.05) is 12.1 Å². The smallest absolute Gasteiger partial charge is 0.325 e. The van der Waals surface area contributed by atoms with Crippen molar-refractivity contribution in [3.63, 3.8) is 0 Å². The molecule has 0 aliphatic rings. The Morgan fingerprint density at radius 1 is 1.24 bits per heavy atom. The Bertz CT molecular complexity index is 517. The standard InChI is InChI=1S/C11H10F3N3/c1-17-7-6-15-10(17)16-9-5-3-2-4-8(9)11(12,13)14/h2-7H,1H3,(H,15,16). The average Bonchev–Trinajstić information content (AvgIpc) is 2.64. The molecule has 0 atom stereocenters. The van der Waals surface area contributed by atoms with E-state index in [1.807, 2.05) is 0 Å². The minimum Gasteiger partial charge on any atom is -0.325 e. The third kappa shape index (κ3) is 2.41. The number of rotatable bonds is 2. The maximum atomic E-state index is 12.7. The molecule has 0 amide bonds. The highest BCUT2D eigenvalue weighted by Gasteiger charge is 2.33. The summed E-state index contributed by atoms with van der Waals surface area (Å²) in [5.41, 5.74) is -0.711. The number of nitrogens with one attached hydrogen (secondary N) is 1. The number of para-hydroxylation sites is 1. The summed E-state index contributed by atoms with van der Waals surface area (Å²) in [5.74, 6) is 0.363. The fraction of sp³-hybridized carbons (Fsp3) is 0.182. The Morgan fingerprint density at radius 3 is 2.53 bits per heavy atom. The van der Waals surface area contributed by atoms with E-state index in [-0.39, 0.29) is 5.69 Å². The molecule has 3 nitrogen and oxygen atoms in total. The summed E-state index contributed by atoms with van der Waals surface area (Å²) < 4.78 is 39.7. The summed E-state index contributed by atoms with van der Waals surface area (Å²) in [6, 6.07) is 5.30. The van der Waals surface area contributed by atoms with Gasteiger partial charge in [0.1, 0.15) is 0 Å². The van der Waals surface area contributed by atoms with Crippen LogP contribution in [0.1, 0.15) is 5.56 Å². The van der Waals surface area contributed by atoms with Gasteiger partial charge in [0.15, 0.2) is 0 Å². The number of hydrogen-bond acceptors (Lipinski definition) is 2. The second-order valence-corrected chi connectivity index (χ2v) is 3.53. The highest BCUT2D eigenvalue weighted by atomic mass is 19.4. The summed E-state index contributed by atoms with van der Waals surface area (Å²) in [5, 5.41) is 2.66. The van der Waals surface area contributed by atoms with Crippen LogP contribution in [0.5, 0.6) is 0 Å². The van der Waals surface area contributed by atoms with Crippen LogP contribution in [0.15, 0.2) is 36.7 Å². The van der Waals surface area contributed by atoms with Crippen LogP contribution < -0.4 is 5.32 Å². The molecule has 0 radical (unpaired) electrons. The van der Waals surface area contributed by atoms with Crippen molar-refractivity contribution in [2.24, 2.45) is 7.05 Å². The van der Waals surface area contributed by atoms with Gasteiger partial charge in [-0.2, -0.15) is 13.2 Å². The number of anilines is 2. The maximum Gasteiger partial charge on any atom is 0.418 e. The summed E-state index contributed by atoms with van der Waals surface area (Å²) >= 11 is 0. The van der Waals surface area contributed by atoms with Crippen molar-refractivity contribution in [2.75, 3.05) is 5.32 Å². The van der Waals surface area contributed by atoms with Crippen molar-refractivity contribution in [2.45, 2.75) is 6.18 Å². The van der Waals surface area contributed by atoms with Crippen molar-refractivity contribution < 1.29 is 13.2 Å². The Hall–Kier alpha value is -1.98. The monoisotopic (exact) mass is 241 g/mol. The molecular weight excluding hydrogens is 231 g/mol. The van der Waals surface area contributed by atoms with Gasteiger partial charge in [0.25, 0.3) is 0 Å². The molecule has 0 fully saturated rings. The van der Waals surface area contributed by atoms with E-state index < -0.39 is 11.7 Å². The molecule has 90 valence electrons. The zero-order chi connectivity index (χ0) is 12.5. The van der Waals surface area contributed by atoms with Gasteiger partial charge in [-0.15, -0.1) is 0 Å². The van der Waals surface area contributed by atoms with Crippen molar-refractivity contribution >= 4 is 11.6 Å². The molecule has 1 aromatic carbocycles. The largest absolute Gasteiger partial charge is 0.418 e. The second-order valence-electron chi connectivity index (χ2n) is 3.53. The number of nitrogens with zero attached hydrogens (tertiary/aromatic N) is 2. The van der Waals surface area contributed by atoms with Crippen LogP contribution in [-0.4, -0.2) is 9.55 Å². The Morgan fingerprint density at radius 2 is 1.94 bits per heavy atom. The number of benzene rings is 1. The van der Waals surface area contributed by atoms with Crippen molar-refractivity contribution in [3.8, 4) is 0 Å². The van der Waals surface area contributed by atoms with E-state index in [0.29, 0.717) is 5.95 Å². The van der Waals surface area contributed by atoms with E-state index in [2.05, 4.69) is 10.3 Å². The molecule has 6 heteroatoms. The summed E-state index contributed by atoms with van der Waals surface area (Å²) in [7, 11) is 1.70. The van der Waals surface area contributed by atoms with Gasteiger partial charge < -0.3 is 9.88 Å². The molecule has 0 aliphatic carbocycles. The molecule has 2 aromatic rings. The maximum absolute atomic E-state index is 12.7. The van der Waals surface area contributed by atoms with Crippen molar-refractivity contribution in [1.29, 1.82) is 0 Å². The van der Waals surface area contributed by atoms with E-state index in [1.54, 1.807) is 23.9 Å². The molecule has 17 heavy (non-hydrogen) atoms. The third-order valence-electron chi connectivity index (χ3n) is 2.30. The number of halogens is 3. The van der Waals surface area contributed by atoms with Crippen LogP contribution in [-0.2, 0) is 13.2 Å². The number of aromatic nitrogens is 2. The lowest BCUT2D eigenvalue weighted by molar-refractivity contribution is -0.136. The van der Waals surface area contributed by atoms with Gasteiger partial charge in [0.2, 0.25) is 5.95 Å². The summed E-state index contributed by atoms with van der Waals surface area (Å²) in [6.07, 6.45) is -1.22. The molecule has 0 bridgehead atoms. The lowest BCUT2D eigenvalue weighted by Crippen LogP contribution is -2.09. The number of imidazole rings is 1. The topological polar surface area (TPSA) is 29.9 Å². The number of aryl methyl sites for hydroxylation is 1. The normalized spacial score (nSPS) is 11.5. The third-order valence-corrected chi connectivity index (χ3v) is 2.30. The second kappa shape index (κ2) is 4.12. The lowest BCUT2D eigenvalue weighted by atomic mass is 10.1.